The van der Waals surface area contributed by atoms with Gasteiger partial charge in [-0.25, -0.2) is 4.79 Å². The van der Waals surface area contributed by atoms with Crippen LogP contribution in [0.1, 0.15) is 13.3 Å². The zero-order chi connectivity index (χ0) is 10.7. The van der Waals surface area contributed by atoms with Gasteiger partial charge in [0.2, 0.25) is 0 Å². The van der Waals surface area contributed by atoms with Gasteiger partial charge in [-0.2, -0.15) is 0 Å². The highest BCUT2D eigenvalue weighted by molar-refractivity contribution is 8.29. The maximum absolute atomic E-state index is 11.1. The van der Waals surface area contributed by atoms with Gasteiger partial charge in [0, 0.05) is 12.0 Å². The standard InChI is InChI=1S/C9H12O3S2/c1-6(2)9(11)12-4-8-3-7(10)5-14(8)13/h8H,1,3-5H2,2H3. The summed E-state index contributed by atoms with van der Waals surface area (Å²) < 4.78 is 4.96. The minimum atomic E-state index is -0.406. The third kappa shape index (κ3) is 2.99. The van der Waals surface area contributed by atoms with Gasteiger partial charge in [-0.1, -0.05) is 17.8 Å². The van der Waals surface area contributed by atoms with Crippen molar-refractivity contribution in [1.29, 1.82) is 0 Å². The molecule has 1 heterocycles. The molecule has 1 saturated heterocycles. The molecule has 2 atom stereocenters. The predicted molar refractivity (Wildman–Crippen MR) is 58.8 cm³/mol. The summed E-state index contributed by atoms with van der Waals surface area (Å²) in [5.74, 6) is 0.237. The van der Waals surface area contributed by atoms with Crippen molar-refractivity contribution in [2.24, 2.45) is 0 Å². The average Bonchev–Trinajstić information content (AvgIpc) is 2.40. The van der Waals surface area contributed by atoms with Crippen molar-refractivity contribution in [1.82, 2.24) is 0 Å². The highest BCUT2D eigenvalue weighted by atomic mass is 32.8. The Balaban J connectivity index is 2.39. The molecule has 0 amide bonds. The van der Waals surface area contributed by atoms with E-state index in [2.05, 4.69) is 6.58 Å². The first-order valence-corrected chi connectivity index (χ1v) is 6.60. The van der Waals surface area contributed by atoms with Gasteiger partial charge in [0.1, 0.15) is 12.4 Å². The molecule has 0 N–H and O–H groups in total. The van der Waals surface area contributed by atoms with E-state index in [1.807, 2.05) is 0 Å². The number of Topliss-reactive ketones (excluding diaryl/α,β-unsaturated/α-hetero) is 1. The lowest BCUT2D eigenvalue weighted by molar-refractivity contribution is -0.139. The summed E-state index contributed by atoms with van der Waals surface area (Å²) in [6.45, 7) is 5.32. The maximum Gasteiger partial charge on any atom is 0.333 e. The summed E-state index contributed by atoms with van der Waals surface area (Å²) in [6.07, 6.45) is 0.454. The number of ketones is 1. The molecule has 0 bridgehead atoms. The van der Waals surface area contributed by atoms with Crippen molar-refractivity contribution in [3.05, 3.63) is 12.2 Å². The van der Waals surface area contributed by atoms with E-state index >= 15 is 0 Å². The van der Waals surface area contributed by atoms with Crippen LogP contribution in [0.25, 0.3) is 0 Å². The van der Waals surface area contributed by atoms with Crippen molar-refractivity contribution in [2.75, 3.05) is 12.4 Å². The van der Waals surface area contributed by atoms with Crippen molar-refractivity contribution in [3.63, 3.8) is 0 Å². The van der Waals surface area contributed by atoms with Gasteiger partial charge in [0.15, 0.2) is 0 Å². The predicted octanol–water partition coefficient (Wildman–Crippen LogP) is 0.527. The molecule has 0 aromatic rings. The van der Waals surface area contributed by atoms with Crippen LogP contribution in [0, 0.1) is 0 Å². The number of esters is 1. The molecule has 0 spiro atoms. The van der Waals surface area contributed by atoms with Gasteiger partial charge in [-0.05, 0) is 6.92 Å². The fourth-order valence-electron chi connectivity index (χ4n) is 1.11. The van der Waals surface area contributed by atoms with E-state index in [0.29, 0.717) is 17.7 Å². The average molecular weight is 232 g/mol. The van der Waals surface area contributed by atoms with Crippen molar-refractivity contribution in [2.45, 2.75) is 18.6 Å². The third-order valence-electron chi connectivity index (χ3n) is 1.88. The molecule has 3 nitrogen and oxygen atoms in total. The zero-order valence-electron chi connectivity index (χ0n) is 7.95. The van der Waals surface area contributed by atoms with Crippen LogP contribution in [0.5, 0.6) is 0 Å². The molecule has 1 rings (SSSR count). The van der Waals surface area contributed by atoms with E-state index in [0.717, 1.165) is 0 Å². The lowest BCUT2D eigenvalue weighted by Gasteiger charge is -2.09. The molecule has 0 aliphatic carbocycles. The Kier molecular flexibility index (Phi) is 3.95. The molecule has 0 aromatic carbocycles. The number of carbonyl (C=O) groups is 2. The van der Waals surface area contributed by atoms with Crippen LogP contribution in [0.3, 0.4) is 0 Å². The number of ether oxygens (including phenoxy) is 1. The van der Waals surface area contributed by atoms with Crippen molar-refractivity contribution < 1.29 is 14.3 Å². The molecule has 2 unspecified atom stereocenters. The lowest BCUT2D eigenvalue weighted by atomic mass is 10.2. The van der Waals surface area contributed by atoms with E-state index in [9.17, 15) is 9.59 Å². The molecule has 1 aliphatic rings. The topological polar surface area (TPSA) is 43.4 Å². The molecule has 1 aliphatic heterocycles. The summed E-state index contributed by atoms with van der Waals surface area (Å²) in [5, 5.41) is 0.0424. The van der Waals surface area contributed by atoms with E-state index < -0.39 is 5.97 Å². The molecule has 1 fully saturated rings. The lowest BCUT2D eigenvalue weighted by Crippen LogP contribution is -2.19. The van der Waals surface area contributed by atoms with Gasteiger partial charge in [0.05, 0.1) is 11.0 Å². The third-order valence-corrected chi connectivity index (χ3v) is 4.70. The Morgan fingerprint density at radius 3 is 2.86 bits per heavy atom. The number of hydrogen-bond donors (Lipinski definition) is 0. The van der Waals surface area contributed by atoms with E-state index in [4.69, 9.17) is 15.9 Å². The smallest absolute Gasteiger partial charge is 0.333 e. The van der Waals surface area contributed by atoms with Crippen molar-refractivity contribution in [3.8, 4) is 0 Å². The summed E-state index contributed by atoms with van der Waals surface area (Å²) in [6, 6.07) is 0. The van der Waals surface area contributed by atoms with Crippen LogP contribution in [0.15, 0.2) is 12.2 Å². The first-order chi connectivity index (χ1) is 6.50. The molecule has 0 radical (unpaired) electrons. The van der Waals surface area contributed by atoms with Crippen LogP contribution in [0.2, 0.25) is 0 Å². The Morgan fingerprint density at radius 2 is 2.43 bits per heavy atom. The normalized spacial score (nSPS) is 26.2. The van der Waals surface area contributed by atoms with Gasteiger partial charge in [-0.15, -0.1) is 9.45 Å². The van der Waals surface area contributed by atoms with E-state index in [-0.39, 0.29) is 27.1 Å². The van der Waals surface area contributed by atoms with Crippen LogP contribution in [-0.2, 0) is 35.0 Å². The quantitative estimate of drug-likeness (QED) is 0.526. The SMILES string of the molecule is C=C(C)C(=O)OCC1CC(=O)CS1=S. The maximum atomic E-state index is 11.1. The summed E-state index contributed by atoms with van der Waals surface area (Å²) >= 11 is 5.11. The molecule has 5 heteroatoms. The Hall–Kier alpha value is -0.550. The number of carbonyl (C=O) groups excluding carboxylic acids is 2. The second-order valence-electron chi connectivity index (χ2n) is 3.27. The highest BCUT2D eigenvalue weighted by Gasteiger charge is 2.27. The number of hydrogen-bond acceptors (Lipinski definition) is 4. The molecule has 0 saturated carbocycles. The van der Waals surface area contributed by atoms with Gasteiger partial charge in [0.25, 0.3) is 0 Å². The molecular weight excluding hydrogens is 220 g/mol. The number of rotatable bonds is 3. The van der Waals surface area contributed by atoms with Gasteiger partial charge >= 0.3 is 5.97 Å². The fourth-order valence-corrected chi connectivity index (χ4v) is 3.14. The minimum absolute atomic E-state index is 0.0424. The summed E-state index contributed by atoms with van der Waals surface area (Å²) in [4.78, 5) is 22.1. The van der Waals surface area contributed by atoms with Gasteiger partial charge in [-0.3, -0.25) is 4.79 Å². The van der Waals surface area contributed by atoms with Crippen LogP contribution < -0.4 is 0 Å². The Morgan fingerprint density at radius 1 is 1.79 bits per heavy atom. The summed E-state index contributed by atoms with van der Waals surface area (Å²) in [5.41, 5.74) is 0.374. The fraction of sp³-hybridized carbons (Fsp3) is 0.556. The first-order valence-electron chi connectivity index (χ1n) is 4.22. The highest BCUT2D eigenvalue weighted by Crippen LogP contribution is 2.14. The largest absolute Gasteiger partial charge is 0.461 e. The Bertz CT molecular complexity index is 309. The molecular formula is C9H12O3S2. The van der Waals surface area contributed by atoms with Crippen LogP contribution >= 0.6 is 0 Å². The molecule has 0 aromatic heterocycles. The van der Waals surface area contributed by atoms with E-state index in [1.165, 1.54) is 0 Å². The van der Waals surface area contributed by atoms with E-state index in [1.54, 1.807) is 6.92 Å². The van der Waals surface area contributed by atoms with Crippen LogP contribution in [0.4, 0.5) is 0 Å². The molecule has 14 heavy (non-hydrogen) atoms. The Labute approximate surface area is 90.1 Å². The minimum Gasteiger partial charge on any atom is -0.461 e. The monoisotopic (exact) mass is 232 g/mol. The van der Waals surface area contributed by atoms with Crippen molar-refractivity contribution >= 4 is 32.4 Å². The molecule has 78 valence electrons. The second kappa shape index (κ2) is 4.79. The van der Waals surface area contributed by atoms with Crippen LogP contribution in [-0.4, -0.2) is 29.4 Å². The first kappa shape index (κ1) is 11.5. The zero-order valence-corrected chi connectivity index (χ0v) is 9.58. The van der Waals surface area contributed by atoms with Gasteiger partial charge < -0.3 is 4.74 Å². The second-order valence-corrected chi connectivity index (χ2v) is 6.27. The summed E-state index contributed by atoms with van der Waals surface area (Å²) in [7, 11) is -0.343.